The van der Waals surface area contributed by atoms with Crippen LogP contribution in [-0.2, 0) is 7.05 Å². The molecule has 0 bridgehead atoms. The van der Waals surface area contributed by atoms with Crippen LogP contribution in [0.4, 0.5) is 0 Å². The van der Waals surface area contributed by atoms with Crippen LogP contribution in [0.15, 0.2) is 59.1 Å². The molecule has 0 aliphatic heterocycles. The molecule has 0 amide bonds. The van der Waals surface area contributed by atoms with Gasteiger partial charge in [0.15, 0.2) is 6.20 Å². The van der Waals surface area contributed by atoms with E-state index in [9.17, 15) is 1.37 Å². The number of pyridine rings is 1. The van der Waals surface area contributed by atoms with E-state index in [4.69, 9.17) is 4.42 Å². The van der Waals surface area contributed by atoms with E-state index in [1.807, 2.05) is 12.1 Å². The monoisotopic (exact) mass is 357 g/mol. The Morgan fingerprint density at radius 2 is 1.78 bits per heavy atom. The van der Waals surface area contributed by atoms with Gasteiger partial charge in [0.2, 0.25) is 5.69 Å². The number of rotatable bonds is 2. The first kappa shape index (κ1) is 15.4. The van der Waals surface area contributed by atoms with Gasteiger partial charge >= 0.3 is 0 Å². The standard InChI is InChI=1S/C25H26NO/c1-17-14-15-21-20-11-6-7-13-22(20)27-25(21)23(17)24-19(12-8-16-26(24)2)18-9-4-3-5-10-18/h6-8,11-16,18H,3-5,9-10H2,1-2H3/q+1/i18D. The van der Waals surface area contributed by atoms with Crippen LogP contribution in [0.1, 0.15) is 50.5 Å². The number of hydrogen-bond donors (Lipinski definition) is 0. The second-order valence-electron chi connectivity index (χ2n) is 7.78. The smallest absolute Gasteiger partial charge is 0.219 e. The number of nitrogens with zero attached hydrogens (tertiary/aromatic N) is 1. The van der Waals surface area contributed by atoms with Crippen molar-refractivity contribution < 1.29 is 10.4 Å². The average Bonchev–Trinajstić information content (AvgIpc) is 3.07. The van der Waals surface area contributed by atoms with E-state index in [0.29, 0.717) is 0 Å². The highest BCUT2D eigenvalue weighted by molar-refractivity contribution is 6.09. The zero-order chi connectivity index (χ0) is 19.3. The molecule has 2 nitrogen and oxygen atoms in total. The third-order valence-electron chi connectivity index (χ3n) is 6.01. The van der Waals surface area contributed by atoms with Crippen LogP contribution in [0.5, 0.6) is 0 Å². The minimum Gasteiger partial charge on any atom is -0.455 e. The molecule has 1 aliphatic carbocycles. The van der Waals surface area contributed by atoms with Crippen molar-refractivity contribution in [3.8, 4) is 11.3 Å². The molecule has 2 aromatic heterocycles. The molecule has 0 unspecified atom stereocenters. The van der Waals surface area contributed by atoms with E-state index in [1.165, 1.54) is 12.0 Å². The van der Waals surface area contributed by atoms with Crippen molar-refractivity contribution in [1.29, 1.82) is 0 Å². The Balaban J connectivity index is 1.85. The van der Waals surface area contributed by atoms with Crippen molar-refractivity contribution >= 4 is 21.9 Å². The maximum absolute atomic E-state index is 9.29. The number of para-hydroxylation sites is 1. The Bertz CT molecular complexity index is 1180. The first-order valence-corrected chi connectivity index (χ1v) is 9.99. The molecule has 1 saturated carbocycles. The zero-order valence-corrected chi connectivity index (χ0v) is 16.1. The maximum atomic E-state index is 9.29. The third-order valence-corrected chi connectivity index (χ3v) is 6.01. The van der Waals surface area contributed by atoms with E-state index in [1.54, 1.807) is 0 Å². The van der Waals surface area contributed by atoms with Gasteiger partial charge in [0.25, 0.3) is 0 Å². The second kappa shape index (κ2) is 6.53. The number of aromatic nitrogens is 1. The summed E-state index contributed by atoms with van der Waals surface area (Å²) in [6, 6.07) is 16.8. The number of fused-ring (bicyclic) bond motifs is 3. The van der Waals surface area contributed by atoms with Gasteiger partial charge in [0, 0.05) is 23.8 Å². The van der Waals surface area contributed by atoms with Crippen LogP contribution < -0.4 is 4.57 Å². The summed E-state index contributed by atoms with van der Waals surface area (Å²) in [7, 11) is 2.09. The quantitative estimate of drug-likeness (QED) is 0.378. The molecule has 2 heteroatoms. The topological polar surface area (TPSA) is 17.0 Å². The number of benzene rings is 2. The Morgan fingerprint density at radius 1 is 0.963 bits per heavy atom. The summed E-state index contributed by atoms with van der Waals surface area (Å²) in [5, 5.41) is 2.30. The van der Waals surface area contributed by atoms with Crippen molar-refractivity contribution in [3.63, 3.8) is 0 Å². The minimum atomic E-state index is -0.521. The fourth-order valence-electron chi connectivity index (χ4n) is 4.64. The summed E-state index contributed by atoms with van der Waals surface area (Å²) in [6.07, 6.45) is 7.46. The molecule has 1 fully saturated rings. The summed E-state index contributed by atoms with van der Waals surface area (Å²) in [5.41, 5.74) is 6.43. The van der Waals surface area contributed by atoms with E-state index < -0.39 is 5.89 Å². The molecular weight excluding hydrogens is 330 g/mol. The van der Waals surface area contributed by atoms with Gasteiger partial charge in [-0.15, -0.1) is 0 Å². The van der Waals surface area contributed by atoms with Gasteiger partial charge in [-0.25, -0.2) is 4.57 Å². The largest absolute Gasteiger partial charge is 0.455 e. The van der Waals surface area contributed by atoms with Crippen LogP contribution in [0, 0.1) is 6.92 Å². The molecule has 0 spiro atoms. The van der Waals surface area contributed by atoms with Crippen LogP contribution in [-0.4, -0.2) is 0 Å². The highest BCUT2D eigenvalue weighted by Crippen LogP contribution is 2.41. The van der Waals surface area contributed by atoms with Gasteiger partial charge < -0.3 is 4.42 Å². The molecule has 0 N–H and O–H groups in total. The molecule has 0 atom stereocenters. The van der Waals surface area contributed by atoms with E-state index in [0.717, 1.165) is 64.4 Å². The van der Waals surface area contributed by atoms with Gasteiger partial charge in [0.1, 0.15) is 18.2 Å². The lowest BCUT2D eigenvalue weighted by atomic mass is 9.81. The first-order valence-electron chi connectivity index (χ1n) is 10.5. The summed E-state index contributed by atoms with van der Waals surface area (Å²) >= 11 is 0. The highest BCUT2D eigenvalue weighted by Gasteiger charge is 2.28. The molecule has 136 valence electrons. The molecule has 27 heavy (non-hydrogen) atoms. The lowest BCUT2D eigenvalue weighted by Gasteiger charge is -2.23. The van der Waals surface area contributed by atoms with Gasteiger partial charge in [-0.05, 0) is 43.4 Å². The van der Waals surface area contributed by atoms with Crippen molar-refractivity contribution in [2.24, 2.45) is 7.05 Å². The normalized spacial score (nSPS) is 17.3. The summed E-state index contributed by atoms with van der Waals surface area (Å²) in [4.78, 5) is 0. The zero-order valence-electron chi connectivity index (χ0n) is 17.1. The Kier molecular flexibility index (Phi) is 3.73. The number of furan rings is 1. The second-order valence-corrected chi connectivity index (χ2v) is 7.78. The minimum absolute atomic E-state index is 0.521. The molecule has 2 aromatic carbocycles. The van der Waals surface area contributed by atoms with E-state index >= 15 is 0 Å². The fourth-order valence-corrected chi connectivity index (χ4v) is 4.64. The van der Waals surface area contributed by atoms with Gasteiger partial charge in [-0.1, -0.05) is 49.6 Å². The highest BCUT2D eigenvalue weighted by atomic mass is 16.3. The Labute approximate surface area is 161 Å². The summed E-state index contributed by atoms with van der Waals surface area (Å²) < 4.78 is 17.8. The lowest BCUT2D eigenvalue weighted by Crippen LogP contribution is -2.32. The van der Waals surface area contributed by atoms with Gasteiger partial charge in [-0.3, -0.25) is 0 Å². The Hall–Kier alpha value is -2.61. The predicted molar refractivity (Wildman–Crippen MR) is 111 cm³/mol. The number of aryl methyl sites for hydroxylation is 2. The molecule has 0 radical (unpaired) electrons. The summed E-state index contributed by atoms with van der Waals surface area (Å²) in [5.74, 6) is -0.521. The van der Waals surface area contributed by atoms with Gasteiger partial charge in [-0.2, -0.15) is 0 Å². The van der Waals surface area contributed by atoms with E-state index in [2.05, 4.69) is 61.1 Å². The molecular formula is C25H26NO+. The fraction of sp³-hybridized carbons (Fsp3) is 0.320. The van der Waals surface area contributed by atoms with Crippen LogP contribution >= 0.6 is 0 Å². The summed E-state index contributed by atoms with van der Waals surface area (Å²) in [6.45, 7) is 2.15. The lowest BCUT2D eigenvalue weighted by molar-refractivity contribution is -0.660. The Morgan fingerprint density at radius 3 is 2.63 bits per heavy atom. The van der Waals surface area contributed by atoms with Crippen molar-refractivity contribution in [3.05, 3.63) is 65.9 Å². The number of hydrogen-bond acceptors (Lipinski definition) is 1. The maximum Gasteiger partial charge on any atom is 0.219 e. The first-order chi connectivity index (χ1) is 13.6. The van der Waals surface area contributed by atoms with Crippen LogP contribution in [0.3, 0.4) is 0 Å². The van der Waals surface area contributed by atoms with Crippen molar-refractivity contribution in [2.45, 2.75) is 44.9 Å². The molecule has 5 rings (SSSR count). The molecule has 2 heterocycles. The van der Waals surface area contributed by atoms with Crippen LogP contribution in [0.25, 0.3) is 33.2 Å². The van der Waals surface area contributed by atoms with Crippen molar-refractivity contribution in [2.75, 3.05) is 0 Å². The van der Waals surface area contributed by atoms with Crippen LogP contribution in [0.2, 0.25) is 0 Å². The SMILES string of the molecule is [2H]C1(c2ccc[n+](C)c2-c2c(C)ccc3c2oc2ccccc23)CCCCC1. The molecule has 0 saturated heterocycles. The third kappa shape index (κ3) is 2.66. The van der Waals surface area contributed by atoms with E-state index in [-0.39, 0.29) is 0 Å². The van der Waals surface area contributed by atoms with Crippen molar-refractivity contribution in [1.82, 2.24) is 0 Å². The average molecular weight is 357 g/mol. The predicted octanol–water partition coefficient (Wildman–Crippen LogP) is 6.43. The van der Waals surface area contributed by atoms with Gasteiger partial charge in [0.05, 0.1) is 5.56 Å². The molecule has 1 aliphatic rings. The molecule has 4 aromatic rings.